The van der Waals surface area contributed by atoms with E-state index in [1.54, 1.807) is 0 Å². The first-order valence-electron chi connectivity index (χ1n) is 8.64. The lowest BCUT2D eigenvalue weighted by Gasteiger charge is -2.31. The largest absolute Gasteiger partial charge is 0.379 e. The quantitative estimate of drug-likeness (QED) is 0.234. The maximum Gasteiger partial charge on any atom is 0.200 e. The molecule has 0 unspecified atom stereocenters. The van der Waals surface area contributed by atoms with E-state index >= 15 is 0 Å². The van der Waals surface area contributed by atoms with Gasteiger partial charge in [-0.15, -0.1) is 0 Å². The van der Waals surface area contributed by atoms with Gasteiger partial charge < -0.3 is 5.11 Å². The van der Waals surface area contributed by atoms with Crippen molar-refractivity contribution in [1.82, 2.24) is 0 Å². The molecule has 0 saturated heterocycles. The first-order valence-corrected chi connectivity index (χ1v) is 8.64. The highest BCUT2D eigenvalue weighted by atomic mass is 19.2. The average molecular weight is 543 g/mol. The molecule has 0 amide bonds. The highest BCUT2D eigenvalue weighted by Gasteiger charge is 2.49. The van der Waals surface area contributed by atoms with Crippen LogP contribution < -0.4 is 0 Å². The lowest BCUT2D eigenvalue weighted by molar-refractivity contribution is 0.0944. The molecule has 1 radical (unpaired) electrons. The molecule has 1 N–H and O–H groups in total. The predicted octanol–water partition coefficient (Wildman–Crippen LogP) is 6.26. The molecule has 1 nitrogen and oxygen atoms in total. The van der Waals surface area contributed by atoms with E-state index in [2.05, 4.69) is 0 Å². The van der Waals surface area contributed by atoms with E-state index in [4.69, 9.17) is 0 Å². The fourth-order valence-electron chi connectivity index (χ4n) is 3.11. The van der Waals surface area contributed by atoms with Crippen LogP contribution in [0.25, 0.3) is 0 Å². The summed E-state index contributed by atoms with van der Waals surface area (Å²) in [6.07, 6.45) is -1.08. The Morgan fingerprint density at radius 2 is 0.528 bits per heavy atom. The van der Waals surface area contributed by atoms with Crippen LogP contribution in [0.4, 0.5) is 65.9 Å². The van der Waals surface area contributed by atoms with Crippen molar-refractivity contribution in [1.29, 1.82) is 0 Å². The van der Waals surface area contributed by atoms with Gasteiger partial charge in [0.15, 0.2) is 69.8 Å². The predicted molar refractivity (Wildman–Crippen MR) is 85.1 cm³/mol. The minimum absolute atomic E-state index is 1.08. The highest BCUT2D eigenvalue weighted by molar-refractivity contribution is 5.49. The van der Waals surface area contributed by atoms with Gasteiger partial charge in [0.25, 0.3) is 0 Å². The second-order valence-corrected chi connectivity index (χ2v) is 6.78. The summed E-state index contributed by atoms with van der Waals surface area (Å²) in [4.78, 5) is 0. The van der Waals surface area contributed by atoms with Gasteiger partial charge in [-0.1, -0.05) is 0 Å². The maximum absolute atomic E-state index is 14.5. The van der Waals surface area contributed by atoms with Gasteiger partial charge in [-0.25, -0.2) is 65.9 Å². The molecule has 193 valence electrons. The van der Waals surface area contributed by atoms with Crippen LogP contribution in [0.1, 0.15) is 16.7 Å². The molecule has 16 heteroatoms. The molecule has 0 saturated carbocycles. The van der Waals surface area contributed by atoms with E-state index in [0.29, 0.717) is 0 Å². The summed E-state index contributed by atoms with van der Waals surface area (Å²) in [5, 5.41) is 10.7. The Bertz CT molecular complexity index is 1280. The van der Waals surface area contributed by atoms with Crippen molar-refractivity contribution in [3.63, 3.8) is 0 Å². The Balaban J connectivity index is 2.58. The molecule has 0 heterocycles. The van der Waals surface area contributed by atoms with E-state index in [1.807, 2.05) is 0 Å². The lowest BCUT2D eigenvalue weighted by Crippen LogP contribution is -2.36. The van der Waals surface area contributed by atoms with E-state index in [-0.39, 0.29) is 0 Å². The summed E-state index contributed by atoms with van der Waals surface area (Å²) in [7, 11) is 0. The molecule has 0 atom stereocenters. The fraction of sp³-hybridized carbons (Fsp3) is 0.0500. The monoisotopic (exact) mass is 543 g/mol. The summed E-state index contributed by atoms with van der Waals surface area (Å²) in [6.45, 7) is 0. The molecule has 0 aliphatic carbocycles. The third kappa shape index (κ3) is 3.65. The van der Waals surface area contributed by atoms with Crippen LogP contribution in [0, 0.1) is 93.7 Å². The van der Waals surface area contributed by atoms with Crippen LogP contribution in [0.5, 0.6) is 0 Å². The van der Waals surface area contributed by atoms with Gasteiger partial charge in [-0.2, -0.15) is 0 Å². The van der Waals surface area contributed by atoms with Crippen molar-refractivity contribution in [2.45, 2.75) is 5.60 Å². The summed E-state index contributed by atoms with van der Waals surface area (Å²) < 4.78 is 208. The molecular formula is C20H2F15O. The van der Waals surface area contributed by atoms with Gasteiger partial charge >= 0.3 is 0 Å². The number of hydrogen-bond donors (Lipinski definition) is 1. The zero-order chi connectivity index (χ0) is 27.6. The van der Waals surface area contributed by atoms with Crippen molar-refractivity contribution in [2.75, 3.05) is 0 Å². The molecule has 3 rings (SSSR count). The third-order valence-electron chi connectivity index (χ3n) is 4.78. The second-order valence-electron chi connectivity index (χ2n) is 6.78. The first kappa shape index (κ1) is 27.2. The number of rotatable bonds is 4. The Hall–Kier alpha value is -3.43. The van der Waals surface area contributed by atoms with Gasteiger partial charge in [0, 0.05) is 12.0 Å². The van der Waals surface area contributed by atoms with E-state index in [9.17, 15) is 71.0 Å². The molecule has 0 aliphatic heterocycles. The lowest BCUT2D eigenvalue weighted by atomic mass is 9.79. The van der Waals surface area contributed by atoms with Crippen molar-refractivity contribution >= 4 is 0 Å². The minimum Gasteiger partial charge on any atom is -0.379 e. The summed E-state index contributed by atoms with van der Waals surface area (Å²) in [5.74, 6) is -45.5. The number of aliphatic hydroxyl groups is 1. The van der Waals surface area contributed by atoms with Gasteiger partial charge in [0.05, 0.1) is 11.1 Å². The molecule has 36 heavy (non-hydrogen) atoms. The Labute approximate surface area is 188 Å². The SMILES string of the molecule is OC([CH]c1c(F)c(F)c(F)c(F)c1F)(c1c(F)c(F)c(F)c(F)c1F)c1c(F)c(F)c(F)c(F)c1F. The van der Waals surface area contributed by atoms with Crippen molar-refractivity contribution in [2.24, 2.45) is 0 Å². The Morgan fingerprint density at radius 1 is 0.333 bits per heavy atom. The van der Waals surface area contributed by atoms with Gasteiger partial charge in [-0.3, -0.25) is 0 Å². The molecule has 0 fully saturated rings. The van der Waals surface area contributed by atoms with Crippen LogP contribution in [0.3, 0.4) is 0 Å². The average Bonchev–Trinajstić information content (AvgIpc) is 2.84. The Kier molecular flexibility index (Phi) is 6.72. The zero-order valence-electron chi connectivity index (χ0n) is 16.2. The van der Waals surface area contributed by atoms with E-state index in [1.165, 1.54) is 0 Å². The molecule has 0 aromatic heterocycles. The van der Waals surface area contributed by atoms with Crippen molar-refractivity contribution in [3.05, 3.63) is 110 Å². The standard InChI is InChI=1S/C20H2F15O/c21-5-2(6(22)12(28)17(33)11(5)27)1-20(36,3-7(23)13(29)18(34)14(30)8(3)24)4-9(25)15(31)19(35)16(32)10(4)26/h1,36H. The molecule has 0 aliphatic rings. The summed E-state index contributed by atoms with van der Waals surface area (Å²) in [5.41, 5.74) is -13.3. The molecular weight excluding hydrogens is 541 g/mol. The highest BCUT2D eigenvalue weighted by Crippen LogP contribution is 2.44. The van der Waals surface area contributed by atoms with Gasteiger partial charge in [-0.05, 0) is 0 Å². The number of halogens is 15. The maximum atomic E-state index is 14.5. The van der Waals surface area contributed by atoms with Gasteiger partial charge in [0.1, 0.15) is 5.60 Å². The van der Waals surface area contributed by atoms with Gasteiger partial charge in [0.2, 0.25) is 17.5 Å². The van der Waals surface area contributed by atoms with Crippen LogP contribution in [0.2, 0.25) is 0 Å². The third-order valence-corrected chi connectivity index (χ3v) is 4.78. The Morgan fingerprint density at radius 3 is 0.778 bits per heavy atom. The molecule has 0 spiro atoms. The molecule has 3 aromatic rings. The molecule has 3 aromatic carbocycles. The first-order chi connectivity index (χ1) is 16.5. The fourth-order valence-corrected chi connectivity index (χ4v) is 3.11. The van der Waals surface area contributed by atoms with Crippen LogP contribution in [0.15, 0.2) is 0 Å². The zero-order valence-corrected chi connectivity index (χ0v) is 16.2. The van der Waals surface area contributed by atoms with Crippen LogP contribution in [-0.4, -0.2) is 5.11 Å². The number of hydrogen-bond acceptors (Lipinski definition) is 1. The van der Waals surface area contributed by atoms with Crippen molar-refractivity contribution < 1.29 is 71.0 Å². The molecule has 0 bridgehead atoms. The second kappa shape index (κ2) is 8.90. The topological polar surface area (TPSA) is 20.2 Å². The van der Waals surface area contributed by atoms with E-state index in [0.717, 1.165) is 0 Å². The summed E-state index contributed by atoms with van der Waals surface area (Å²) >= 11 is 0. The normalized spacial score (nSPS) is 12.0. The van der Waals surface area contributed by atoms with Crippen LogP contribution >= 0.6 is 0 Å². The smallest absolute Gasteiger partial charge is 0.200 e. The minimum atomic E-state index is -4.99. The van der Waals surface area contributed by atoms with Crippen molar-refractivity contribution in [3.8, 4) is 0 Å². The van der Waals surface area contributed by atoms with E-state index < -0.39 is 116 Å². The van der Waals surface area contributed by atoms with Crippen LogP contribution in [-0.2, 0) is 5.60 Å². The number of benzene rings is 3. The summed E-state index contributed by atoms with van der Waals surface area (Å²) in [6, 6.07) is 0.